The smallest absolute Gasteiger partial charge is 0.341 e. The van der Waals surface area contributed by atoms with Crippen LogP contribution < -0.4 is 5.56 Å². The van der Waals surface area contributed by atoms with Gasteiger partial charge in [-0.05, 0) is 37.6 Å². The second kappa shape index (κ2) is 7.85. The van der Waals surface area contributed by atoms with Gasteiger partial charge in [-0.2, -0.15) is 0 Å². The number of carbonyl (C=O) groups is 1. The van der Waals surface area contributed by atoms with Gasteiger partial charge in [-0.3, -0.25) is 9.36 Å². The summed E-state index contributed by atoms with van der Waals surface area (Å²) >= 11 is 0. The lowest BCUT2D eigenvalue weighted by Gasteiger charge is -2.18. The first-order chi connectivity index (χ1) is 15.6. The van der Waals surface area contributed by atoms with Crippen molar-refractivity contribution in [3.8, 4) is 16.9 Å². The van der Waals surface area contributed by atoms with Crippen molar-refractivity contribution in [2.45, 2.75) is 13.8 Å². The third-order valence-electron chi connectivity index (χ3n) is 5.65. The van der Waals surface area contributed by atoms with Crippen molar-refractivity contribution in [1.29, 1.82) is 0 Å². The van der Waals surface area contributed by atoms with E-state index in [9.17, 15) is 9.59 Å². The molecule has 0 amide bonds. The SMILES string of the molecule is CCOC(=O)c1c(-c2ccccc2)n(-c2ccc(C)cc2)c(=O)c2[nH]c3ccccc3c12. The molecule has 0 saturated carbocycles. The molecule has 0 aliphatic rings. The molecule has 5 aromatic rings. The lowest BCUT2D eigenvalue weighted by atomic mass is 9.99. The van der Waals surface area contributed by atoms with Gasteiger partial charge in [-0.25, -0.2) is 4.79 Å². The van der Waals surface area contributed by atoms with Gasteiger partial charge < -0.3 is 9.72 Å². The Balaban J connectivity index is 2.04. The number of esters is 1. The van der Waals surface area contributed by atoms with Gasteiger partial charge in [0.2, 0.25) is 0 Å². The van der Waals surface area contributed by atoms with E-state index in [0.717, 1.165) is 22.0 Å². The van der Waals surface area contributed by atoms with Crippen LogP contribution >= 0.6 is 0 Å². The zero-order valence-electron chi connectivity index (χ0n) is 17.9. The van der Waals surface area contributed by atoms with E-state index in [1.165, 1.54) is 0 Å². The summed E-state index contributed by atoms with van der Waals surface area (Å²) in [4.78, 5) is 30.5. The highest BCUT2D eigenvalue weighted by molar-refractivity contribution is 6.19. The van der Waals surface area contributed by atoms with Crippen LogP contribution in [0.1, 0.15) is 22.8 Å². The summed E-state index contributed by atoms with van der Waals surface area (Å²) in [7, 11) is 0. The van der Waals surface area contributed by atoms with Gasteiger partial charge in [-0.1, -0.05) is 66.2 Å². The summed E-state index contributed by atoms with van der Waals surface area (Å²) in [6, 6.07) is 24.8. The molecule has 3 aromatic carbocycles. The Labute approximate surface area is 184 Å². The van der Waals surface area contributed by atoms with Gasteiger partial charge in [-0.15, -0.1) is 0 Å². The number of rotatable bonds is 4. The number of benzene rings is 3. The van der Waals surface area contributed by atoms with Crippen molar-refractivity contribution in [3.05, 3.63) is 100 Å². The van der Waals surface area contributed by atoms with Crippen LogP contribution in [0.3, 0.4) is 0 Å². The number of H-pyrrole nitrogens is 1. The van der Waals surface area contributed by atoms with Gasteiger partial charge >= 0.3 is 5.97 Å². The van der Waals surface area contributed by atoms with E-state index in [1.54, 1.807) is 11.5 Å². The minimum Gasteiger partial charge on any atom is -0.462 e. The van der Waals surface area contributed by atoms with Crippen LogP contribution in [0.4, 0.5) is 0 Å². The Hall–Kier alpha value is -4.12. The second-order valence-electron chi connectivity index (χ2n) is 7.71. The lowest BCUT2D eigenvalue weighted by Crippen LogP contribution is -2.24. The highest BCUT2D eigenvalue weighted by atomic mass is 16.5. The van der Waals surface area contributed by atoms with Crippen LogP contribution in [-0.2, 0) is 4.74 Å². The molecule has 0 fully saturated rings. The first-order valence-electron chi connectivity index (χ1n) is 10.6. The highest BCUT2D eigenvalue weighted by Gasteiger charge is 2.27. The van der Waals surface area contributed by atoms with Gasteiger partial charge in [0.15, 0.2) is 0 Å². The maximum Gasteiger partial charge on any atom is 0.341 e. The van der Waals surface area contributed by atoms with Crippen molar-refractivity contribution in [1.82, 2.24) is 9.55 Å². The molecule has 0 atom stereocenters. The Kier molecular flexibility index (Phi) is 4.86. The fourth-order valence-corrected chi connectivity index (χ4v) is 4.22. The molecule has 0 aliphatic heterocycles. The van der Waals surface area contributed by atoms with Crippen molar-refractivity contribution in [2.75, 3.05) is 6.61 Å². The minimum atomic E-state index is -0.457. The van der Waals surface area contributed by atoms with Crippen molar-refractivity contribution < 1.29 is 9.53 Å². The maximum atomic E-state index is 13.9. The van der Waals surface area contributed by atoms with E-state index < -0.39 is 5.97 Å². The van der Waals surface area contributed by atoms with Crippen LogP contribution in [0, 0.1) is 6.92 Å². The number of hydrogen-bond acceptors (Lipinski definition) is 3. The summed E-state index contributed by atoms with van der Waals surface area (Å²) in [5.41, 5.74) is 4.40. The average molecular weight is 422 g/mol. The topological polar surface area (TPSA) is 64.1 Å². The van der Waals surface area contributed by atoms with Crippen LogP contribution in [0.5, 0.6) is 0 Å². The van der Waals surface area contributed by atoms with Gasteiger partial charge in [0.05, 0.1) is 17.9 Å². The lowest BCUT2D eigenvalue weighted by molar-refractivity contribution is 0.0529. The largest absolute Gasteiger partial charge is 0.462 e. The molecule has 32 heavy (non-hydrogen) atoms. The molecular formula is C27H22N2O3. The summed E-state index contributed by atoms with van der Waals surface area (Å²) in [6.45, 7) is 4.01. The molecule has 5 nitrogen and oxygen atoms in total. The zero-order valence-corrected chi connectivity index (χ0v) is 17.9. The summed E-state index contributed by atoms with van der Waals surface area (Å²) in [5.74, 6) is -0.457. The van der Waals surface area contributed by atoms with Crippen molar-refractivity contribution >= 4 is 27.8 Å². The second-order valence-corrected chi connectivity index (χ2v) is 7.71. The molecular weight excluding hydrogens is 400 g/mol. The number of nitrogens with one attached hydrogen (secondary N) is 1. The quantitative estimate of drug-likeness (QED) is 0.382. The van der Waals surface area contributed by atoms with Crippen molar-refractivity contribution in [2.24, 2.45) is 0 Å². The normalized spacial score (nSPS) is 11.2. The molecule has 158 valence electrons. The number of hydrogen-bond donors (Lipinski definition) is 1. The predicted molar refractivity (Wildman–Crippen MR) is 128 cm³/mol. The molecule has 0 saturated heterocycles. The molecule has 5 heteroatoms. The molecule has 1 N–H and O–H groups in total. The standard InChI is InChI=1S/C27H22N2O3/c1-3-32-27(31)23-22-20-11-7-8-12-21(20)28-24(22)26(30)29(19-15-13-17(2)14-16-19)25(23)18-9-5-4-6-10-18/h4-16,28H,3H2,1-2H3. The predicted octanol–water partition coefficient (Wildman–Crippen LogP) is 5.62. The molecule has 2 heterocycles. The van der Waals surface area contributed by atoms with E-state index >= 15 is 0 Å². The fourth-order valence-electron chi connectivity index (χ4n) is 4.22. The molecule has 0 bridgehead atoms. The van der Waals surface area contributed by atoms with E-state index in [-0.39, 0.29) is 12.2 Å². The zero-order chi connectivity index (χ0) is 22.2. The first kappa shape index (κ1) is 19.8. The number of ether oxygens (including phenoxy) is 1. The van der Waals surface area contributed by atoms with Crippen LogP contribution in [-0.4, -0.2) is 22.1 Å². The van der Waals surface area contributed by atoms with Crippen LogP contribution in [0.2, 0.25) is 0 Å². The molecule has 0 spiro atoms. The van der Waals surface area contributed by atoms with Gasteiger partial charge in [0.1, 0.15) is 5.52 Å². The Bertz CT molecular complexity index is 1510. The molecule has 5 rings (SSSR count). The van der Waals surface area contributed by atoms with Gasteiger partial charge in [0, 0.05) is 22.0 Å². The van der Waals surface area contributed by atoms with Crippen LogP contribution in [0.15, 0.2) is 83.7 Å². The summed E-state index contributed by atoms with van der Waals surface area (Å²) in [5, 5.41) is 1.40. The van der Waals surface area contributed by atoms with Crippen molar-refractivity contribution in [3.63, 3.8) is 0 Å². The third-order valence-corrected chi connectivity index (χ3v) is 5.65. The molecule has 2 aromatic heterocycles. The fraction of sp³-hybridized carbons (Fsp3) is 0.111. The molecule has 0 aliphatic carbocycles. The van der Waals surface area contributed by atoms with E-state index in [0.29, 0.717) is 27.8 Å². The maximum absolute atomic E-state index is 13.9. The number of aromatic amines is 1. The number of nitrogens with zero attached hydrogens (tertiary/aromatic N) is 1. The minimum absolute atomic E-state index is 0.216. The Morgan fingerprint density at radius 2 is 1.62 bits per heavy atom. The summed E-state index contributed by atoms with van der Waals surface area (Å²) < 4.78 is 7.11. The highest BCUT2D eigenvalue weighted by Crippen LogP contribution is 2.35. The monoisotopic (exact) mass is 422 g/mol. The molecule has 0 radical (unpaired) electrons. The Morgan fingerprint density at radius 1 is 0.938 bits per heavy atom. The third kappa shape index (κ3) is 3.10. The Morgan fingerprint density at radius 3 is 2.34 bits per heavy atom. The number of pyridine rings is 1. The number of aryl methyl sites for hydroxylation is 1. The van der Waals surface area contributed by atoms with Gasteiger partial charge in [0.25, 0.3) is 5.56 Å². The average Bonchev–Trinajstić information content (AvgIpc) is 3.20. The number of para-hydroxylation sites is 1. The number of aromatic nitrogens is 2. The molecule has 0 unspecified atom stereocenters. The first-order valence-corrected chi connectivity index (χ1v) is 10.6. The van der Waals surface area contributed by atoms with Crippen LogP contribution in [0.25, 0.3) is 38.8 Å². The van der Waals surface area contributed by atoms with E-state index in [1.807, 2.05) is 85.8 Å². The summed E-state index contributed by atoms with van der Waals surface area (Å²) in [6.07, 6.45) is 0. The number of carbonyl (C=O) groups excluding carboxylic acids is 1. The van der Waals surface area contributed by atoms with E-state index in [4.69, 9.17) is 4.74 Å². The number of fused-ring (bicyclic) bond motifs is 3. The van der Waals surface area contributed by atoms with E-state index in [2.05, 4.69) is 4.98 Å².